The van der Waals surface area contributed by atoms with E-state index in [0.29, 0.717) is 6.42 Å². The van der Waals surface area contributed by atoms with Gasteiger partial charge in [0.2, 0.25) is 0 Å². The molecule has 0 aliphatic carbocycles. The highest BCUT2D eigenvalue weighted by molar-refractivity contribution is 5.98. The molecule has 3 aromatic heterocycles. The lowest BCUT2D eigenvalue weighted by atomic mass is 10.0. The van der Waals surface area contributed by atoms with Crippen LogP contribution in [-0.2, 0) is 16.0 Å². The number of fused-ring (bicyclic) bond motifs is 8. The van der Waals surface area contributed by atoms with E-state index in [0.717, 1.165) is 83.8 Å². The largest absolute Gasteiger partial charge is 0.469 e. The fourth-order valence-corrected chi connectivity index (χ4v) is 6.93. The van der Waals surface area contributed by atoms with Crippen molar-refractivity contribution in [3.8, 4) is 33.4 Å². The van der Waals surface area contributed by atoms with Crippen molar-refractivity contribution in [2.45, 2.75) is 33.6 Å². The van der Waals surface area contributed by atoms with Crippen molar-refractivity contribution < 1.29 is 9.53 Å². The number of carbonyl (C=O) groups excluding carboxylic acids is 1. The minimum absolute atomic E-state index is 0.233. The standard InChI is InChI=1S/C45H38N4O2/c1-27-5-11-30(12-6-27)43-36-20-18-34(46-36)33(17-26-42(50)51-4)35-19-21-37(47-35)44(31-13-7-28(2)8-14-31)39-23-25-41(49-39)45(40-24-22-38(43)48-40)32-15-9-29(3)10-16-32/h5-16,18-25,46,49H,17,26H2,1-4H3. The van der Waals surface area contributed by atoms with Crippen LogP contribution in [0.4, 0.5) is 0 Å². The number of H-pyrrole nitrogens is 2. The number of hydrogen-bond acceptors (Lipinski definition) is 4. The predicted molar refractivity (Wildman–Crippen MR) is 210 cm³/mol. The molecule has 0 radical (unpaired) electrons. The monoisotopic (exact) mass is 666 g/mol. The van der Waals surface area contributed by atoms with Gasteiger partial charge in [0.1, 0.15) is 0 Å². The molecule has 2 aliphatic heterocycles. The van der Waals surface area contributed by atoms with Gasteiger partial charge in [-0.15, -0.1) is 0 Å². The molecule has 8 bridgehead atoms. The number of methoxy groups -OCH3 is 1. The molecule has 2 N–H and O–H groups in total. The van der Waals surface area contributed by atoms with E-state index in [-0.39, 0.29) is 12.4 Å². The molecule has 6 heteroatoms. The number of nitrogens with zero attached hydrogens (tertiary/aromatic N) is 2. The number of nitrogens with one attached hydrogen (secondary N) is 2. The van der Waals surface area contributed by atoms with E-state index in [2.05, 4.69) is 152 Å². The smallest absolute Gasteiger partial charge is 0.305 e. The minimum Gasteiger partial charge on any atom is -0.469 e. The highest BCUT2D eigenvalue weighted by Crippen LogP contribution is 2.37. The third-order valence-corrected chi connectivity index (χ3v) is 9.69. The van der Waals surface area contributed by atoms with Crippen LogP contribution in [0.15, 0.2) is 97.1 Å². The summed E-state index contributed by atoms with van der Waals surface area (Å²) in [5.74, 6) is -0.264. The van der Waals surface area contributed by atoms with Crippen LogP contribution < -0.4 is 0 Å². The first-order chi connectivity index (χ1) is 24.8. The zero-order valence-corrected chi connectivity index (χ0v) is 29.2. The fourth-order valence-electron chi connectivity index (χ4n) is 6.93. The number of aromatic nitrogens is 4. The van der Waals surface area contributed by atoms with E-state index in [1.165, 1.54) is 23.8 Å². The molecule has 0 fully saturated rings. The van der Waals surface area contributed by atoms with E-state index >= 15 is 0 Å². The van der Waals surface area contributed by atoms with Crippen LogP contribution >= 0.6 is 0 Å². The number of aryl methyl sites for hydroxylation is 4. The van der Waals surface area contributed by atoms with Gasteiger partial charge in [0, 0.05) is 50.7 Å². The van der Waals surface area contributed by atoms with Gasteiger partial charge in [0.05, 0.1) is 29.9 Å². The summed E-state index contributed by atoms with van der Waals surface area (Å²) in [6, 6.07) is 34.2. The maximum atomic E-state index is 12.4. The number of ether oxygens (including phenoxy) is 1. The average molecular weight is 667 g/mol. The maximum absolute atomic E-state index is 12.4. The van der Waals surface area contributed by atoms with E-state index in [1.54, 1.807) is 0 Å². The van der Waals surface area contributed by atoms with Crippen LogP contribution in [0.1, 0.15) is 51.5 Å². The Hall–Kier alpha value is -6.27. The third-order valence-electron chi connectivity index (χ3n) is 9.69. The van der Waals surface area contributed by atoms with Crippen LogP contribution in [0.5, 0.6) is 0 Å². The lowest BCUT2D eigenvalue weighted by Gasteiger charge is -2.07. The number of rotatable bonds is 6. The molecule has 51 heavy (non-hydrogen) atoms. The lowest BCUT2D eigenvalue weighted by molar-refractivity contribution is -0.140. The Labute approximate surface area is 297 Å². The Morgan fingerprint density at radius 3 is 1.27 bits per heavy atom. The van der Waals surface area contributed by atoms with Gasteiger partial charge in [-0.2, -0.15) is 0 Å². The van der Waals surface area contributed by atoms with Gasteiger partial charge in [-0.3, -0.25) is 4.79 Å². The molecule has 2 aliphatic rings. The summed E-state index contributed by atoms with van der Waals surface area (Å²) in [4.78, 5) is 30.6. The van der Waals surface area contributed by atoms with Crippen LogP contribution in [0.3, 0.4) is 0 Å². The Kier molecular flexibility index (Phi) is 8.28. The Morgan fingerprint density at radius 1 is 0.510 bits per heavy atom. The second-order valence-electron chi connectivity index (χ2n) is 13.3. The average Bonchev–Trinajstić information content (AvgIpc) is 3.98. The van der Waals surface area contributed by atoms with Gasteiger partial charge in [-0.1, -0.05) is 89.5 Å². The van der Waals surface area contributed by atoms with Gasteiger partial charge < -0.3 is 14.7 Å². The summed E-state index contributed by atoms with van der Waals surface area (Å²) in [7, 11) is 1.43. The molecule has 8 rings (SSSR count). The molecular weight excluding hydrogens is 629 g/mol. The Bertz CT molecular complexity index is 2490. The van der Waals surface area contributed by atoms with E-state index in [1.807, 2.05) is 0 Å². The SMILES string of the molecule is COC(=O)CCc1c2nc(c(-c3ccc(C)cc3)c3ccc([nH]3)c(-c3ccc(C)cc3)c3nc(c(-c4ccc(C)cc4)c4ccc1[nH]4)C=C3)C=C2. The van der Waals surface area contributed by atoms with Crippen LogP contribution in [0, 0.1) is 20.8 Å². The Morgan fingerprint density at radius 2 is 0.863 bits per heavy atom. The zero-order chi connectivity index (χ0) is 35.1. The van der Waals surface area contributed by atoms with Gasteiger partial charge in [0.15, 0.2) is 0 Å². The second-order valence-corrected chi connectivity index (χ2v) is 13.3. The maximum Gasteiger partial charge on any atom is 0.305 e. The van der Waals surface area contributed by atoms with E-state index < -0.39 is 0 Å². The normalized spacial score (nSPS) is 12.0. The summed E-state index contributed by atoms with van der Waals surface area (Å²) < 4.78 is 5.05. The quantitative estimate of drug-likeness (QED) is 0.173. The van der Waals surface area contributed by atoms with Crippen LogP contribution in [0.25, 0.3) is 79.8 Å². The molecule has 6 nitrogen and oxygen atoms in total. The molecule has 5 heterocycles. The summed E-state index contributed by atoms with van der Waals surface area (Å²) in [5.41, 5.74) is 17.8. The molecule has 3 aromatic carbocycles. The predicted octanol–water partition coefficient (Wildman–Crippen LogP) is 10.7. The van der Waals surface area contributed by atoms with Crippen molar-refractivity contribution >= 4 is 52.3 Å². The Balaban J connectivity index is 1.53. The molecular formula is C45H38N4O2. The second kappa shape index (κ2) is 13.2. The van der Waals surface area contributed by atoms with Crippen molar-refractivity contribution in [2.24, 2.45) is 0 Å². The highest BCUT2D eigenvalue weighted by atomic mass is 16.5. The molecule has 250 valence electrons. The summed E-state index contributed by atoms with van der Waals surface area (Å²) in [6.45, 7) is 6.30. The summed E-state index contributed by atoms with van der Waals surface area (Å²) in [6.07, 6.45) is 9.05. The molecule has 0 saturated carbocycles. The highest BCUT2D eigenvalue weighted by Gasteiger charge is 2.19. The van der Waals surface area contributed by atoms with Crippen molar-refractivity contribution in [3.05, 3.63) is 142 Å². The topological polar surface area (TPSA) is 83.7 Å². The number of carbonyl (C=O) groups is 1. The van der Waals surface area contributed by atoms with Crippen LogP contribution in [0.2, 0.25) is 0 Å². The first-order valence-electron chi connectivity index (χ1n) is 17.3. The minimum atomic E-state index is -0.264. The number of aromatic amines is 2. The molecule has 0 unspecified atom stereocenters. The number of benzene rings is 3. The summed E-state index contributed by atoms with van der Waals surface area (Å²) >= 11 is 0. The van der Waals surface area contributed by atoms with Gasteiger partial charge in [0.25, 0.3) is 0 Å². The lowest BCUT2D eigenvalue weighted by Crippen LogP contribution is -2.03. The first kappa shape index (κ1) is 32.0. The van der Waals surface area contributed by atoms with E-state index in [4.69, 9.17) is 14.7 Å². The van der Waals surface area contributed by atoms with E-state index in [9.17, 15) is 4.79 Å². The van der Waals surface area contributed by atoms with Crippen molar-refractivity contribution in [2.75, 3.05) is 7.11 Å². The molecule has 6 aromatic rings. The van der Waals surface area contributed by atoms with Crippen LogP contribution in [-0.4, -0.2) is 33.0 Å². The molecule has 0 atom stereocenters. The van der Waals surface area contributed by atoms with Gasteiger partial charge in [-0.05, 0) is 92.5 Å². The molecule has 0 spiro atoms. The van der Waals surface area contributed by atoms with Crippen molar-refractivity contribution in [1.29, 1.82) is 0 Å². The third kappa shape index (κ3) is 6.21. The molecule has 0 saturated heterocycles. The zero-order valence-electron chi connectivity index (χ0n) is 29.2. The fraction of sp³-hybridized carbons (Fsp3) is 0.133. The first-order valence-corrected chi connectivity index (χ1v) is 17.3. The van der Waals surface area contributed by atoms with Gasteiger partial charge >= 0.3 is 5.97 Å². The van der Waals surface area contributed by atoms with Crippen molar-refractivity contribution in [3.63, 3.8) is 0 Å². The van der Waals surface area contributed by atoms with Gasteiger partial charge in [-0.25, -0.2) is 9.97 Å². The number of hydrogen-bond donors (Lipinski definition) is 2. The summed E-state index contributed by atoms with van der Waals surface area (Å²) in [5, 5.41) is 0. The molecule has 0 amide bonds. The number of esters is 1. The van der Waals surface area contributed by atoms with Crippen molar-refractivity contribution in [1.82, 2.24) is 19.9 Å².